The predicted molar refractivity (Wildman–Crippen MR) is 125 cm³/mol. The topological polar surface area (TPSA) is 87.3 Å². The first kappa shape index (κ1) is 23.5. The molecule has 2 aromatic carbocycles. The van der Waals surface area contributed by atoms with Gasteiger partial charge < -0.3 is 19.9 Å². The summed E-state index contributed by atoms with van der Waals surface area (Å²) in [4.78, 5) is 34.6. The Morgan fingerprint density at radius 2 is 1.97 bits per heavy atom. The van der Waals surface area contributed by atoms with Crippen molar-refractivity contribution in [2.24, 2.45) is 0 Å². The molecule has 0 bridgehead atoms. The molecule has 2 heterocycles. The van der Waals surface area contributed by atoms with Gasteiger partial charge in [0.05, 0.1) is 26.6 Å². The summed E-state index contributed by atoms with van der Waals surface area (Å²) in [5, 5.41) is 3.56. The summed E-state index contributed by atoms with van der Waals surface area (Å²) in [5.74, 6) is -1.01. The number of hydrogen-bond acceptors (Lipinski definition) is 5. The summed E-state index contributed by atoms with van der Waals surface area (Å²) in [6.45, 7) is 6.41. The van der Waals surface area contributed by atoms with Gasteiger partial charge in [-0.3, -0.25) is 9.59 Å². The highest BCUT2D eigenvalue weighted by molar-refractivity contribution is 6.35. The molecule has 1 aromatic heterocycles. The molecule has 0 spiro atoms. The molecule has 33 heavy (non-hydrogen) atoms. The van der Waals surface area contributed by atoms with Crippen molar-refractivity contribution in [3.63, 3.8) is 0 Å². The van der Waals surface area contributed by atoms with E-state index >= 15 is 0 Å². The van der Waals surface area contributed by atoms with Crippen molar-refractivity contribution in [1.29, 1.82) is 0 Å². The van der Waals surface area contributed by atoms with Crippen LogP contribution in [0.1, 0.15) is 31.1 Å². The van der Waals surface area contributed by atoms with Crippen LogP contribution in [-0.2, 0) is 9.53 Å². The fourth-order valence-electron chi connectivity index (χ4n) is 3.68. The number of nitrogens with zero attached hydrogens (tertiary/aromatic N) is 2. The van der Waals surface area contributed by atoms with E-state index in [1.165, 1.54) is 18.2 Å². The largest absolute Gasteiger partial charge is 0.459 e. The summed E-state index contributed by atoms with van der Waals surface area (Å²) in [5.41, 5.74) is 0.688. The monoisotopic (exact) mass is 492 g/mol. The summed E-state index contributed by atoms with van der Waals surface area (Å²) < 4.78 is 19.8. The first-order chi connectivity index (χ1) is 15.5. The molecule has 0 aliphatic carbocycles. The third-order valence-electron chi connectivity index (χ3n) is 5.15. The Morgan fingerprint density at radius 3 is 2.67 bits per heavy atom. The number of ether oxygens (including phenoxy) is 1. The molecule has 1 saturated heterocycles. The highest BCUT2D eigenvalue weighted by atomic mass is 35.5. The SMILES string of the molecule is CC(C)(C)OC(=O)C1CN(C(=O)c2cc(Cl)c3[nH]c(-c4c(F)cccc4Cl)nc3c2)CCN1. The second kappa shape index (κ2) is 8.93. The van der Waals surface area contributed by atoms with Crippen molar-refractivity contribution >= 4 is 46.1 Å². The second-order valence-electron chi connectivity index (χ2n) is 8.83. The van der Waals surface area contributed by atoms with Crippen LogP contribution in [0.15, 0.2) is 30.3 Å². The third kappa shape index (κ3) is 4.98. The fourth-order valence-corrected chi connectivity index (χ4v) is 4.20. The molecule has 1 amide bonds. The number of imidazole rings is 1. The van der Waals surface area contributed by atoms with Gasteiger partial charge in [0, 0.05) is 25.2 Å². The van der Waals surface area contributed by atoms with Gasteiger partial charge in [-0.25, -0.2) is 9.37 Å². The van der Waals surface area contributed by atoms with Crippen LogP contribution in [0.4, 0.5) is 4.39 Å². The number of aromatic nitrogens is 2. The number of nitrogens with one attached hydrogen (secondary N) is 2. The van der Waals surface area contributed by atoms with Gasteiger partial charge in [0.2, 0.25) is 0 Å². The number of esters is 1. The number of benzene rings is 2. The highest BCUT2D eigenvalue weighted by Gasteiger charge is 2.32. The molecule has 7 nitrogen and oxygen atoms in total. The molecule has 2 N–H and O–H groups in total. The van der Waals surface area contributed by atoms with E-state index in [9.17, 15) is 14.0 Å². The van der Waals surface area contributed by atoms with Gasteiger partial charge in [0.25, 0.3) is 5.91 Å². The van der Waals surface area contributed by atoms with Gasteiger partial charge in [0.15, 0.2) is 0 Å². The molecule has 1 aliphatic rings. The van der Waals surface area contributed by atoms with Gasteiger partial charge in [-0.15, -0.1) is 0 Å². The molecule has 0 saturated carbocycles. The second-order valence-corrected chi connectivity index (χ2v) is 9.64. The maximum atomic E-state index is 14.3. The molecule has 4 rings (SSSR count). The van der Waals surface area contributed by atoms with Gasteiger partial charge in [0.1, 0.15) is 23.3 Å². The van der Waals surface area contributed by atoms with Crippen LogP contribution in [0.5, 0.6) is 0 Å². The number of amides is 1. The van der Waals surface area contributed by atoms with Gasteiger partial charge in [-0.05, 0) is 45.0 Å². The quantitative estimate of drug-likeness (QED) is 0.528. The zero-order valence-electron chi connectivity index (χ0n) is 18.3. The molecular weight excluding hydrogens is 470 g/mol. The van der Waals surface area contributed by atoms with E-state index in [1.54, 1.807) is 37.8 Å². The maximum Gasteiger partial charge on any atom is 0.325 e. The van der Waals surface area contributed by atoms with Crippen LogP contribution in [0, 0.1) is 5.82 Å². The van der Waals surface area contributed by atoms with Crippen molar-refractivity contribution in [3.05, 3.63) is 51.8 Å². The molecule has 1 aliphatic heterocycles. The summed E-state index contributed by atoms with van der Waals surface area (Å²) in [6.07, 6.45) is 0. The van der Waals surface area contributed by atoms with E-state index in [-0.39, 0.29) is 33.9 Å². The van der Waals surface area contributed by atoms with Gasteiger partial charge >= 0.3 is 5.97 Å². The normalized spacial score (nSPS) is 16.8. The fraction of sp³-hybridized carbons (Fsp3) is 0.348. The number of fused-ring (bicyclic) bond motifs is 1. The van der Waals surface area contributed by atoms with Crippen LogP contribution in [0.3, 0.4) is 0 Å². The average molecular weight is 493 g/mol. The van der Waals surface area contributed by atoms with E-state index < -0.39 is 23.4 Å². The van der Waals surface area contributed by atoms with Gasteiger partial charge in [-0.1, -0.05) is 29.3 Å². The van der Waals surface area contributed by atoms with E-state index in [4.69, 9.17) is 27.9 Å². The van der Waals surface area contributed by atoms with Crippen molar-refractivity contribution in [1.82, 2.24) is 20.2 Å². The summed E-state index contributed by atoms with van der Waals surface area (Å²) in [6, 6.07) is 6.85. The summed E-state index contributed by atoms with van der Waals surface area (Å²) >= 11 is 12.6. The minimum Gasteiger partial charge on any atom is -0.459 e. The minimum atomic E-state index is -0.624. The molecule has 1 atom stereocenters. The standard InChI is InChI=1S/C23H23Cl2FN4O3/c1-23(2,3)33-22(32)17-11-30(8-7-27-17)21(31)12-9-14(25)19-16(10-12)28-20(29-19)18-13(24)5-4-6-15(18)26/h4-6,9-10,17,27H,7-8,11H2,1-3H3,(H,28,29). The lowest BCUT2D eigenvalue weighted by Gasteiger charge is -2.34. The molecular formula is C23H23Cl2FN4O3. The van der Waals surface area contributed by atoms with Crippen molar-refractivity contribution in [3.8, 4) is 11.4 Å². The number of hydrogen-bond donors (Lipinski definition) is 2. The Kier molecular flexibility index (Phi) is 6.35. The van der Waals surface area contributed by atoms with E-state index in [2.05, 4.69) is 15.3 Å². The molecule has 1 fully saturated rings. The van der Waals surface area contributed by atoms with Crippen molar-refractivity contribution in [2.75, 3.05) is 19.6 Å². The number of carbonyl (C=O) groups is 2. The lowest BCUT2D eigenvalue weighted by molar-refractivity contribution is -0.158. The lowest BCUT2D eigenvalue weighted by atomic mass is 10.1. The highest BCUT2D eigenvalue weighted by Crippen LogP contribution is 2.32. The van der Waals surface area contributed by atoms with E-state index in [0.29, 0.717) is 29.7 Å². The van der Waals surface area contributed by atoms with Crippen molar-refractivity contribution < 1.29 is 18.7 Å². The van der Waals surface area contributed by atoms with Gasteiger partial charge in [-0.2, -0.15) is 0 Å². The van der Waals surface area contributed by atoms with E-state index in [1.807, 2.05) is 0 Å². The Balaban J connectivity index is 1.61. The Morgan fingerprint density at radius 1 is 1.21 bits per heavy atom. The molecule has 1 unspecified atom stereocenters. The number of H-pyrrole nitrogens is 1. The Hall–Kier alpha value is -2.68. The molecule has 3 aromatic rings. The maximum absolute atomic E-state index is 14.3. The summed E-state index contributed by atoms with van der Waals surface area (Å²) in [7, 11) is 0. The number of rotatable bonds is 3. The van der Waals surface area contributed by atoms with Crippen LogP contribution in [0.25, 0.3) is 22.4 Å². The smallest absolute Gasteiger partial charge is 0.325 e. The molecule has 174 valence electrons. The van der Waals surface area contributed by atoms with Crippen molar-refractivity contribution in [2.45, 2.75) is 32.4 Å². The zero-order chi connectivity index (χ0) is 23.9. The average Bonchev–Trinajstić information content (AvgIpc) is 3.16. The number of carbonyl (C=O) groups excluding carboxylic acids is 2. The Labute approximate surface area is 200 Å². The predicted octanol–water partition coefficient (Wildman–Crippen LogP) is 4.43. The first-order valence-electron chi connectivity index (χ1n) is 10.4. The minimum absolute atomic E-state index is 0.126. The van der Waals surface area contributed by atoms with Crippen LogP contribution < -0.4 is 5.32 Å². The number of halogens is 3. The third-order valence-corrected chi connectivity index (χ3v) is 5.76. The molecule has 0 radical (unpaired) electrons. The van der Waals surface area contributed by atoms with Crippen LogP contribution in [-0.4, -0.2) is 58.0 Å². The Bertz CT molecular complexity index is 1220. The number of piperazine rings is 1. The first-order valence-corrected chi connectivity index (χ1v) is 11.2. The molecule has 10 heteroatoms. The van der Waals surface area contributed by atoms with Crippen LogP contribution >= 0.6 is 23.2 Å². The number of aromatic amines is 1. The van der Waals surface area contributed by atoms with Crippen LogP contribution in [0.2, 0.25) is 10.0 Å². The lowest BCUT2D eigenvalue weighted by Crippen LogP contribution is -2.56. The zero-order valence-corrected chi connectivity index (χ0v) is 19.9. The van der Waals surface area contributed by atoms with E-state index in [0.717, 1.165) is 0 Å².